The first-order valence-electron chi connectivity index (χ1n) is 14.9. The van der Waals surface area contributed by atoms with Crippen molar-refractivity contribution < 1.29 is 18.9 Å². The third-order valence-electron chi connectivity index (χ3n) is 9.19. The standard InChI is InChI=1S/C33H39N5O5/c1-6-32(7-2,19-40-5)20-41-17-25-16-37(36-35-25)21-43-33(8-3)22(4)42-18-26-27(33)14-29-30-24(15-38(29)31(26)39)13-23-11-9-10-12-28(23)34-30/h9-14,16H,4,6-8,15,17-21H2,1-3,5H3/t33-/m1/s1. The summed E-state index contributed by atoms with van der Waals surface area (Å²) in [6, 6.07) is 12.2. The van der Waals surface area contributed by atoms with Crippen LogP contribution in [-0.4, -0.2) is 44.9 Å². The van der Waals surface area contributed by atoms with Crippen LogP contribution in [0.1, 0.15) is 62.4 Å². The van der Waals surface area contributed by atoms with Gasteiger partial charge in [-0.05, 0) is 37.5 Å². The number of ether oxygens (including phenoxy) is 4. The van der Waals surface area contributed by atoms with Gasteiger partial charge in [0.15, 0.2) is 5.60 Å². The number of aromatic nitrogens is 5. The number of para-hydroxylation sites is 1. The van der Waals surface area contributed by atoms with E-state index in [1.54, 1.807) is 16.4 Å². The molecule has 0 N–H and O–H groups in total. The minimum atomic E-state index is -1.04. The molecule has 0 bridgehead atoms. The van der Waals surface area contributed by atoms with E-state index in [2.05, 4.69) is 36.8 Å². The molecule has 0 fully saturated rings. The fourth-order valence-electron chi connectivity index (χ4n) is 6.31. The zero-order valence-corrected chi connectivity index (χ0v) is 25.4. The third kappa shape index (κ3) is 5.07. The number of hydrogen-bond donors (Lipinski definition) is 0. The molecule has 10 nitrogen and oxygen atoms in total. The number of benzene rings is 1. The van der Waals surface area contributed by atoms with Crippen LogP contribution in [0.3, 0.4) is 0 Å². The predicted molar refractivity (Wildman–Crippen MR) is 162 cm³/mol. The van der Waals surface area contributed by atoms with Crippen molar-refractivity contribution in [2.75, 3.05) is 20.3 Å². The molecule has 0 unspecified atom stereocenters. The van der Waals surface area contributed by atoms with Gasteiger partial charge in [0.2, 0.25) is 0 Å². The molecule has 5 heterocycles. The molecular weight excluding hydrogens is 546 g/mol. The maximum atomic E-state index is 13.8. The molecular formula is C33H39N5O5. The fourth-order valence-corrected chi connectivity index (χ4v) is 6.31. The van der Waals surface area contributed by atoms with Crippen LogP contribution in [0.5, 0.6) is 0 Å². The van der Waals surface area contributed by atoms with Gasteiger partial charge in [-0.15, -0.1) is 5.10 Å². The second-order valence-corrected chi connectivity index (χ2v) is 11.6. The minimum Gasteiger partial charge on any atom is -0.490 e. The van der Waals surface area contributed by atoms with E-state index in [-0.39, 0.29) is 24.3 Å². The first-order chi connectivity index (χ1) is 20.9. The second kappa shape index (κ2) is 11.7. The van der Waals surface area contributed by atoms with Gasteiger partial charge >= 0.3 is 0 Å². The summed E-state index contributed by atoms with van der Waals surface area (Å²) >= 11 is 0. The van der Waals surface area contributed by atoms with Crippen LogP contribution >= 0.6 is 0 Å². The van der Waals surface area contributed by atoms with Crippen molar-refractivity contribution in [2.45, 2.75) is 72.1 Å². The molecule has 1 atom stereocenters. The van der Waals surface area contributed by atoms with E-state index in [4.69, 9.17) is 23.9 Å². The Kier molecular flexibility index (Phi) is 7.93. The minimum absolute atomic E-state index is 0.0158. The normalized spacial score (nSPS) is 17.5. The van der Waals surface area contributed by atoms with Crippen LogP contribution in [0.2, 0.25) is 0 Å². The number of nitrogens with zero attached hydrogens (tertiary/aromatic N) is 5. The lowest BCUT2D eigenvalue weighted by Gasteiger charge is -2.39. The van der Waals surface area contributed by atoms with E-state index < -0.39 is 5.60 Å². The monoisotopic (exact) mass is 585 g/mol. The van der Waals surface area contributed by atoms with Crippen LogP contribution in [0, 0.1) is 5.41 Å². The highest BCUT2D eigenvalue weighted by Gasteiger charge is 2.44. The molecule has 1 aromatic carbocycles. The Hall–Kier alpha value is -3.86. The van der Waals surface area contributed by atoms with E-state index in [9.17, 15) is 4.79 Å². The highest BCUT2D eigenvalue weighted by atomic mass is 16.6. The van der Waals surface area contributed by atoms with Crippen molar-refractivity contribution in [1.29, 1.82) is 0 Å². The number of methoxy groups -OCH3 is 1. The molecule has 4 aromatic rings. The predicted octanol–water partition coefficient (Wildman–Crippen LogP) is 5.31. The summed E-state index contributed by atoms with van der Waals surface area (Å²) in [6.45, 7) is 12.8. The fraction of sp³-hybridized carbons (Fsp3) is 0.455. The lowest BCUT2D eigenvalue weighted by Crippen LogP contribution is -2.41. The van der Waals surface area contributed by atoms with Crippen LogP contribution in [0.25, 0.3) is 22.3 Å². The van der Waals surface area contributed by atoms with E-state index in [0.717, 1.165) is 46.3 Å². The Balaban J connectivity index is 1.25. The van der Waals surface area contributed by atoms with Gasteiger partial charge in [-0.2, -0.15) is 0 Å². The van der Waals surface area contributed by atoms with Gasteiger partial charge in [0.05, 0.1) is 55.0 Å². The van der Waals surface area contributed by atoms with Crippen molar-refractivity contribution in [2.24, 2.45) is 5.41 Å². The van der Waals surface area contributed by atoms with E-state index in [0.29, 0.717) is 49.8 Å². The molecule has 2 aliphatic heterocycles. The number of fused-ring (bicyclic) bond motifs is 5. The highest BCUT2D eigenvalue weighted by Crippen LogP contribution is 2.44. The first-order valence-corrected chi connectivity index (χ1v) is 14.9. The number of rotatable bonds is 12. The summed E-state index contributed by atoms with van der Waals surface area (Å²) in [6.07, 6.45) is 4.26. The molecule has 0 saturated heterocycles. The lowest BCUT2D eigenvalue weighted by molar-refractivity contribution is -0.109. The lowest BCUT2D eigenvalue weighted by atomic mass is 9.84. The van der Waals surface area contributed by atoms with Crippen molar-refractivity contribution >= 4 is 10.9 Å². The maximum Gasteiger partial charge on any atom is 0.258 e. The smallest absolute Gasteiger partial charge is 0.258 e. The Morgan fingerprint density at radius 2 is 1.95 bits per heavy atom. The van der Waals surface area contributed by atoms with Gasteiger partial charge in [-0.1, -0.05) is 50.8 Å². The van der Waals surface area contributed by atoms with Crippen LogP contribution in [0.15, 0.2) is 59.7 Å². The zero-order chi connectivity index (χ0) is 30.2. The first kappa shape index (κ1) is 29.2. The van der Waals surface area contributed by atoms with E-state index >= 15 is 0 Å². The van der Waals surface area contributed by atoms with Gasteiger partial charge < -0.3 is 23.5 Å². The Labute approximate surface area is 251 Å². The Morgan fingerprint density at radius 3 is 2.72 bits per heavy atom. The molecule has 226 valence electrons. The topological polar surface area (TPSA) is 103 Å². The molecule has 10 heteroatoms. The molecule has 0 saturated carbocycles. The molecule has 0 radical (unpaired) electrons. The van der Waals surface area contributed by atoms with E-state index in [1.165, 1.54) is 0 Å². The van der Waals surface area contributed by atoms with Gasteiger partial charge in [0, 0.05) is 29.0 Å². The maximum absolute atomic E-state index is 13.8. The largest absolute Gasteiger partial charge is 0.490 e. The SMILES string of the molecule is C=C1OCc2c(cc3n(c2=O)Cc2cc4ccccc4nc2-3)[C@]1(CC)OCn1cc(COCC(CC)(CC)COC)nn1. The summed E-state index contributed by atoms with van der Waals surface area (Å²) in [7, 11) is 1.72. The van der Waals surface area contributed by atoms with Crippen molar-refractivity contribution in [1.82, 2.24) is 24.5 Å². The zero-order valence-electron chi connectivity index (χ0n) is 25.4. The van der Waals surface area contributed by atoms with Crippen LogP contribution < -0.4 is 5.56 Å². The summed E-state index contributed by atoms with van der Waals surface area (Å²) < 4.78 is 27.4. The third-order valence-corrected chi connectivity index (χ3v) is 9.19. The Morgan fingerprint density at radius 1 is 1.14 bits per heavy atom. The van der Waals surface area contributed by atoms with Crippen LogP contribution in [0.4, 0.5) is 0 Å². The summed E-state index contributed by atoms with van der Waals surface area (Å²) in [4.78, 5) is 18.8. The molecule has 6 rings (SSSR count). The molecule has 3 aromatic heterocycles. The average molecular weight is 586 g/mol. The number of hydrogen-bond acceptors (Lipinski definition) is 8. The summed E-state index contributed by atoms with van der Waals surface area (Å²) in [5.74, 6) is 0.467. The van der Waals surface area contributed by atoms with Crippen LogP contribution in [-0.2, 0) is 51.0 Å². The molecule has 0 amide bonds. The van der Waals surface area contributed by atoms with Crippen molar-refractivity contribution in [3.63, 3.8) is 0 Å². The van der Waals surface area contributed by atoms with Gasteiger partial charge in [0.25, 0.3) is 5.56 Å². The molecule has 0 aliphatic carbocycles. The highest BCUT2D eigenvalue weighted by molar-refractivity contribution is 5.84. The van der Waals surface area contributed by atoms with Gasteiger partial charge in [-0.25, -0.2) is 9.67 Å². The second-order valence-electron chi connectivity index (χ2n) is 11.6. The quantitative estimate of drug-likeness (QED) is 0.194. The van der Waals surface area contributed by atoms with Gasteiger partial charge in [0.1, 0.15) is 24.8 Å². The van der Waals surface area contributed by atoms with E-state index in [1.807, 2.05) is 43.5 Å². The molecule has 0 spiro atoms. The average Bonchev–Trinajstić information content (AvgIpc) is 3.63. The molecule has 43 heavy (non-hydrogen) atoms. The summed E-state index contributed by atoms with van der Waals surface area (Å²) in [5, 5.41) is 9.60. The number of pyridine rings is 2. The Bertz CT molecular complexity index is 1720. The summed E-state index contributed by atoms with van der Waals surface area (Å²) in [5.41, 5.74) is 4.43. The van der Waals surface area contributed by atoms with Gasteiger partial charge in [-0.3, -0.25) is 4.79 Å². The molecule has 2 aliphatic rings. The van der Waals surface area contributed by atoms with Crippen molar-refractivity contribution in [3.8, 4) is 11.4 Å². The van der Waals surface area contributed by atoms with Crippen molar-refractivity contribution in [3.05, 3.63) is 87.7 Å².